The fourth-order valence-corrected chi connectivity index (χ4v) is 3.24. The number of nitrogens with zero attached hydrogens (tertiary/aromatic N) is 2. The minimum absolute atomic E-state index is 0.116. The molecule has 0 aromatic carbocycles. The van der Waals surface area contributed by atoms with Crippen LogP contribution in [-0.4, -0.2) is 28.3 Å². The van der Waals surface area contributed by atoms with Crippen molar-refractivity contribution in [2.75, 3.05) is 7.11 Å². The zero-order valence-electron chi connectivity index (χ0n) is 12.1. The molecule has 1 fully saturated rings. The highest BCUT2D eigenvalue weighted by atomic mass is 16.5. The van der Waals surface area contributed by atoms with Crippen molar-refractivity contribution in [1.82, 2.24) is 15.0 Å². The molecular formula is C14H26N4O. The fraction of sp³-hybridized carbons (Fsp3) is 0.786. The summed E-state index contributed by atoms with van der Waals surface area (Å²) in [6.45, 7) is 3.06. The van der Waals surface area contributed by atoms with E-state index in [0.717, 1.165) is 31.6 Å². The van der Waals surface area contributed by atoms with Crippen molar-refractivity contribution in [2.45, 2.75) is 63.6 Å². The van der Waals surface area contributed by atoms with Crippen molar-refractivity contribution < 1.29 is 4.74 Å². The minimum atomic E-state index is -0.141. The molecule has 0 bridgehead atoms. The van der Waals surface area contributed by atoms with Crippen LogP contribution < -0.4 is 11.3 Å². The molecule has 19 heavy (non-hydrogen) atoms. The molecule has 0 saturated heterocycles. The van der Waals surface area contributed by atoms with Gasteiger partial charge in [-0.05, 0) is 19.8 Å². The van der Waals surface area contributed by atoms with Crippen LogP contribution in [-0.2, 0) is 17.7 Å². The van der Waals surface area contributed by atoms with Crippen LogP contribution in [0.15, 0.2) is 12.4 Å². The lowest BCUT2D eigenvalue weighted by Gasteiger charge is -2.42. The van der Waals surface area contributed by atoms with Gasteiger partial charge in [0.2, 0.25) is 0 Å². The molecule has 2 rings (SSSR count). The molecule has 1 aliphatic carbocycles. The Balaban J connectivity index is 2.14. The van der Waals surface area contributed by atoms with E-state index in [1.54, 1.807) is 0 Å². The Bertz CT molecular complexity index is 385. The summed E-state index contributed by atoms with van der Waals surface area (Å²) in [7, 11) is 1.81. The number of nitrogens with one attached hydrogen (secondary N) is 1. The van der Waals surface area contributed by atoms with Crippen molar-refractivity contribution in [3.8, 4) is 0 Å². The van der Waals surface area contributed by atoms with E-state index in [-0.39, 0.29) is 11.6 Å². The number of methoxy groups -OCH3 is 1. The summed E-state index contributed by atoms with van der Waals surface area (Å²) in [5.74, 6) is 6.88. The number of aryl methyl sites for hydroxylation is 1. The monoisotopic (exact) mass is 266 g/mol. The minimum Gasteiger partial charge on any atom is -0.377 e. The first kappa shape index (κ1) is 14.5. The first-order valence-electron chi connectivity index (χ1n) is 7.27. The molecule has 5 heteroatoms. The lowest BCUT2D eigenvalue weighted by molar-refractivity contribution is -0.0679. The summed E-state index contributed by atoms with van der Waals surface area (Å²) in [4.78, 5) is 4.45. The van der Waals surface area contributed by atoms with Crippen LogP contribution in [0.25, 0.3) is 0 Å². The van der Waals surface area contributed by atoms with Gasteiger partial charge < -0.3 is 9.30 Å². The number of nitrogens with two attached hydrogens (primary N) is 1. The van der Waals surface area contributed by atoms with Gasteiger partial charge in [0, 0.05) is 32.5 Å². The Morgan fingerprint density at radius 3 is 2.79 bits per heavy atom. The third-order valence-corrected chi connectivity index (χ3v) is 4.47. The summed E-state index contributed by atoms with van der Waals surface area (Å²) in [5, 5.41) is 0. The number of rotatable bonds is 6. The lowest BCUT2D eigenvalue weighted by Crippen LogP contribution is -2.56. The number of hydrazine groups is 1. The van der Waals surface area contributed by atoms with E-state index >= 15 is 0 Å². The topological polar surface area (TPSA) is 65.1 Å². The second-order valence-corrected chi connectivity index (χ2v) is 5.38. The zero-order valence-corrected chi connectivity index (χ0v) is 12.1. The third kappa shape index (κ3) is 2.99. The second kappa shape index (κ2) is 6.50. The van der Waals surface area contributed by atoms with Crippen molar-refractivity contribution in [2.24, 2.45) is 5.84 Å². The molecule has 1 aromatic rings. The molecule has 0 radical (unpaired) electrons. The van der Waals surface area contributed by atoms with Crippen molar-refractivity contribution in [3.63, 3.8) is 0 Å². The van der Waals surface area contributed by atoms with E-state index in [1.165, 1.54) is 19.3 Å². The molecule has 1 aromatic heterocycles. The van der Waals surface area contributed by atoms with Crippen molar-refractivity contribution >= 4 is 0 Å². The Morgan fingerprint density at radius 1 is 1.47 bits per heavy atom. The van der Waals surface area contributed by atoms with Gasteiger partial charge in [-0.15, -0.1) is 0 Å². The van der Waals surface area contributed by atoms with Gasteiger partial charge in [0.1, 0.15) is 5.82 Å². The highest BCUT2D eigenvalue weighted by molar-refractivity contribution is 5.02. The number of imidazole rings is 1. The molecule has 1 atom stereocenters. The largest absolute Gasteiger partial charge is 0.377 e. The van der Waals surface area contributed by atoms with E-state index in [4.69, 9.17) is 10.6 Å². The van der Waals surface area contributed by atoms with E-state index in [9.17, 15) is 0 Å². The van der Waals surface area contributed by atoms with Crippen LogP contribution >= 0.6 is 0 Å². The molecule has 0 amide bonds. The number of ether oxygens (including phenoxy) is 1. The maximum Gasteiger partial charge on any atom is 0.110 e. The van der Waals surface area contributed by atoms with Crippen LogP contribution in [0.3, 0.4) is 0 Å². The maximum atomic E-state index is 5.87. The molecule has 1 aliphatic rings. The Kier molecular flexibility index (Phi) is 4.96. The van der Waals surface area contributed by atoms with E-state index in [2.05, 4.69) is 21.9 Å². The average molecular weight is 266 g/mol. The van der Waals surface area contributed by atoms with Crippen molar-refractivity contribution in [1.29, 1.82) is 0 Å². The van der Waals surface area contributed by atoms with Crippen LogP contribution in [0.5, 0.6) is 0 Å². The van der Waals surface area contributed by atoms with Gasteiger partial charge in [-0.3, -0.25) is 11.3 Å². The number of aromatic nitrogens is 2. The van der Waals surface area contributed by atoms with Crippen LogP contribution in [0.2, 0.25) is 0 Å². The molecule has 3 N–H and O–H groups in total. The second-order valence-electron chi connectivity index (χ2n) is 5.38. The van der Waals surface area contributed by atoms with E-state index < -0.39 is 0 Å². The SMILES string of the molecule is CCn1ccnc1CC(NN)C1(OC)CCCCC1. The highest BCUT2D eigenvalue weighted by Crippen LogP contribution is 2.34. The third-order valence-electron chi connectivity index (χ3n) is 4.47. The molecule has 1 unspecified atom stereocenters. The summed E-state index contributed by atoms with van der Waals surface area (Å²) in [6.07, 6.45) is 10.6. The normalized spacial score (nSPS) is 20.4. The smallest absolute Gasteiger partial charge is 0.110 e. The van der Waals surface area contributed by atoms with E-state index in [1.807, 2.05) is 19.5 Å². The maximum absolute atomic E-state index is 5.87. The molecule has 1 saturated carbocycles. The first-order valence-corrected chi connectivity index (χ1v) is 7.27. The summed E-state index contributed by atoms with van der Waals surface area (Å²) < 4.78 is 8.04. The Labute approximate surface area is 115 Å². The van der Waals surface area contributed by atoms with Gasteiger partial charge in [0.05, 0.1) is 11.6 Å². The summed E-state index contributed by atoms with van der Waals surface area (Å²) in [6, 6.07) is 0.116. The lowest BCUT2D eigenvalue weighted by atomic mass is 9.78. The van der Waals surface area contributed by atoms with Gasteiger partial charge in [-0.2, -0.15) is 0 Å². The molecule has 5 nitrogen and oxygen atoms in total. The van der Waals surface area contributed by atoms with Crippen LogP contribution in [0.4, 0.5) is 0 Å². The summed E-state index contributed by atoms with van der Waals surface area (Å²) >= 11 is 0. The fourth-order valence-electron chi connectivity index (χ4n) is 3.24. The van der Waals surface area contributed by atoms with Gasteiger partial charge in [0.25, 0.3) is 0 Å². The highest BCUT2D eigenvalue weighted by Gasteiger charge is 2.40. The van der Waals surface area contributed by atoms with Gasteiger partial charge in [-0.1, -0.05) is 19.3 Å². The molecular weight excluding hydrogens is 240 g/mol. The van der Waals surface area contributed by atoms with Gasteiger partial charge in [0.15, 0.2) is 0 Å². The average Bonchev–Trinajstić information content (AvgIpc) is 2.92. The molecule has 108 valence electrons. The Hall–Kier alpha value is -0.910. The number of hydrogen-bond donors (Lipinski definition) is 2. The Morgan fingerprint density at radius 2 is 2.21 bits per heavy atom. The molecule has 0 spiro atoms. The van der Waals surface area contributed by atoms with Gasteiger partial charge >= 0.3 is 0 Å². The molecule has 1 heterocycles. The van der Waals surface area contributed by atoms with Gasteiger partial charge in [-0.25, -0.2) is 4.98 Å². The standard InChI is InChI=1S/C14H26N4O/c1-3-18-10-9-16-13(18)11-12(17-15)14(19-2)7-5-4-6-8-14/h9-10,12,17H,3-8,11,15H2,1-2H3. The number of hydrogen-bond acceptors (Lipinski definition) is 4. The van der Waals surface area contributed by atoms with Crippen LogP contribution in [0, 0.1) is 0 Å². The van der Waals surface area contributed by atoms with E-state index in [0.29, 0.717) is 0 Å². The van der Waals surface area contributed by atoms with Crippen LogP contribution in [0.1, 0.15) is 44.9 Å². The predicted molar refractivity (Wildman–Crippen MR) is 75.5 cm³/mol. The summed E-state index contributed by atoms with van der Waals surface area (Å²) in [5.41, 5.74) is 2.83. The molecule has 0 aliphatic heterocycles. The van der Waals surface area contributed by atoms with Crippen molar-refractivity contribution in [3.05, 3.63) is 18.2 Å². The quantitative estimate of drug-likeness (QED) is 0.606. The first-order chi connectivity index (χ1) is 9.25. The zero-order chi connectivity index (χ0) is 13.7. The predicted octanol–water partition coefficient (Wildman–Crippen LogP) is 1.63.